The van der Waals surface area contributed by atoms with Gasteiger partial charge in [0.1, 0.15) is 22.7 Å². The summed E-state index contributed by atoms with van der Waals surface area (Å²) in [6, 6.07) is 12.5. The van der Waals surface area contributed by atoms with Gasteiger partial charge in [-0.05, 0) is 42.7 Å². The second-order valence-electron chi connectivity index (χ2n) is 6.63. The van der Waals surface area contributed by atoms with E-state index in [2.05, 4.69) is 10.6 Å². The topological polar surface area (TPSA) is 85.9 Å². The summed E-state index contributed by atoms with van der Waals surface area (Å²) in [5.74, 6) is 1.22. The number of hydrogen-bond acceptors (Lipinski definition) is 5. The molecule has 0 atom stereocenters. The second kappa shape index (κ2) is 8.21. The Morgan fingerprint density at radius 3 is 2.11 bits per heavy atom. The second-order valence-corrected chi connectivity index (χ2v) is 6.63. The maximum Gasteiger partial charge on any atom is 0.240 e. The third kappa shape index (κ3) is 4.03. The molecular weight excluding hydrogens is 360 g/mol. The fourth-order valence-corrected chi connectivity index (χ4v) is 2.93. The number of benzene rings is 2. The molecule has 3 rings (SSSR count). The maximum absolute atomic E-state index is 12.8. The van der Waals surface area contributed by atoms with E-state index >= 15 is 0 Å². The van der Waals surface area contributed by atoms with Gasteiger partial charge < -0.3 is 24.8 Å². The molecule has 1 aliphatic rings. The van der Waals surface area contributed by atoms with Crippen LogP contribution in [0.25, 0.3) is 0 Å². The number of ether oxygens (including phenoxy) is 3. The van der Waals surface area contributed by atoms with E-state index in [1.807, 2.05) is 24.3 Å². The molecule has 0 radical (unpaired) electrons. The van der Waals surface area contributed by atoms with Crippen molar-refractivity contribution in [2.45, 2.75) is 19.4 Å². The quantitative estimate of drug-likeness (QED) is 0.684. The lowest BCUT2D eigenvalue weighted by atomic mass is 10.0. The molecular formula is C21H24N2O5. The molecule has 0 aliphatic heterocycles. The lowest BCUT2D eigenvalue weighted by molar-refractivity contribution is -0.134. The molecule has 1 aliphatic carbocycles. The first-order chi connectivity index (χ1) is 13.5. The van der Waals surface area contributed by atoms with E-state index < -0.39 is 5.41 Å². The van der Waals surface area contributed by atoms with Crippen molar-refractivity contribution in [3.63, 3.8) is 0 Å². The summed E-state index contributed by atoms with van der Waals surface area (Å²) in [5, 5.41) is 5.67. The molecule has 2 N–H and O–H groups in total. The van der Waals surface area contributed by atoms with Gasteiger partial charge in [0.05, 0.1) is 27.0 Å². The van der Waals surface area contributed by atoms with Crippen LogP contribution in [0.15, 0.2) is 42.5 Å². The van der Waals surface area contributed by atoms with Crippen LogP contribution in [0, 0.1) is 5.41 Å². The summed E-state index contributed by atoms with van der Waals surface area (Å²) in [7, 11) is 4.66. The molecule has 0 unspecified atom stereocenters. The van der Waals surface area contributed by atoms with Crippen LogP contribution in [-0.4, -0.2) is 33.1 Å². The fraction of sp³-hybridized carbons (Fsp3) is 0.333. The summed E-state index contributed by atoms with van der Waals surface area (Å²) in [6.07, 6.45) is 1.03. The number of hydrogen-bond donors (Lipinski definition) is 2. The minimum atomic E-state index is -1.04. The summed E-state index contributed by atoms with van der Waals surface area (Å²) in [6.45, 7) is 0.348. The van der Waals surface area contributed by atoms with E-state index in [1.165, 1.54) is 7.11 Å². The van der Waals surface area contributed by atoms with Gasteiger partial charge in [-0.3, -0.25) is 9.59 Å². The number of nitrogens with one attached hydrogen (secondary N) is 2. The summed E-state index contributed by atoms with van der Waals surface area (Å²) in [5.41, 5.74) is 0.363. The Morgan fingerprint density at radius 2 is 1.54 bits per heavy atom. The average molecular weight is 384 g/mol. The van der Waals surface area contributed by atoms with Gasteiger partial charge in [0.15, 0.2) is 0 Å². The molecule has 1 fully saturated rings. The molecule has 7 nitrogen and oxygen atoms in total. The number of amides is 2. The van der Waals surface area contributed by atoms with Gasteiger partial charge in [-0.15, -0.1) is 0 Å². The number of rotatable bonds is 8. The van der Waals surface area contributed by atoms with Crippen molar-refractivity contribution in [2.75, 3.05) is 26.6 Å². The Bertz CT molecular complexity index is 860. The molecule has 0 heterocycles. The molecule has 7 heteroatoms. The van der Waals surface area contributed by atoms with Gasteiger partial charge in [-0.2, -0.15) is 0 Å². The van der Waals surface area contributed by atoms with Crippen molar-refractivity contribution >= 4 is 17.5 Å². The first-order valence-electron chi connectivity index (χ1n) is 8.97. The highest BCUT2D eigenvalue weighted by atomic mass is 16.5. The third-order valence-corrected chi connectivity index (χ3v) is 4.89. The lowest BCUT2D eigenvalue weighted by Crippen LogP contribution is -2.39. The Hall–Kier alpha value is -3.22. The molecule has 0 saturated heterocycles. The molecule has 28 heavy (non-hydrogen) atoms. The lowest BCUT2D eigenvalue weighted by Gasteiger charge is -2.17. The van der Waals surface area contributed by atoms with E-state index in [9.17, 15) is 9.59 Å². The Kier molecular flexibility index (Phi) is 5.73. The minimum absolute atomic E-state index is 0.275. The molecule has 2 aromatic rings. The predicted molar refractivity (Wildman–Crippen MR) is 105 cm³/mol. The molecule has 148 valence electrons. The van der Waals surface area contributed by atoms with Crippen molar-refractivity contribution in [1.82, 2.24) is 5.32 Å². The molecule has 2 aromatic carbocycles. The van der Waals surface area contributed by atoms with Crippen LogP contribution in [0.1, 0.15) is 18.4 Å². The van der Waals surface area contributed by atoms with Gasteiger partial charge in [-0.25, -0.2) is 0 Å². The molecule has 1 saturated carbocycles. The maximum atomic E-state index is 12.8. The summed E-state index contributed by atoms with van der Waals surface area (Å²) < 4.78 is 15.6. The predicted octanol–water partition coefficient (Wildman–Crippen LogP) is 2.75. The third-order valence-electron chi connectivity index (χ3n) is 4.89. The molecule has 0 aromatic heterocycles. The number of carbonyl (C=O) groups is 2. The average Bonchev–Trinajstić information content (AvgIpc) is 3.54. The van der Waals surface area contributed by atoms with Gasteiger partial charge in [0, 0.05) is 12.6 Å². The number of methoxy groups -OCH3 is 3. The fourth-order valence-electron chi connectivity index (χ4n) is 2.93. The zero-order valence-electron chi connectivity index (χ0n) is 16.2. The number of carbonyl (C=O) groups excluding carboxylic acids is 2. The van der Waals surface area contributed by atoms with Crippen LogP contribution in [0.3, 0.4) is 0 Å². The van der Waals surface area contributed by atoms with Crippen LogP contribution >= 0.6 is 0 Å². The molecule has 2 amide bonds. The number of anilines is 1. The van der Waals surface area contributed by atoms with Crippen LogP contribution in [0.4, 0.5) is 5.69 Å². The van der Waals surface area contributed by atoms with Gasteiger partial charge in [0.2, 0.25) is 11.8 Å². The normalized spacial score (nSPS) is 14.0. The van der Waals surface area contributed by atoms with Crippen molar-refractivity contribution in [1.29, 1.82) is 0 Å². The summed E-state index contributed by atoms with van der Waals surface area (Å²) >= 11 is 0. The van der Waals surface area contributed by atoms with E-state index in [-0.39, 0.29) is 11.8 Å². The highest BCUT2D eigenvalue weighted by molar-refractivity contribution is 6.13. The zero-order chi connectivity index (χ0) is 20.1. The van der Waals surface area contributed by atoms with Crippen LogP contribution < -0.4 is 24.8 Å². The Labute approximate surface area is 164 Å². The van der Waals surface area contributed by atoms with Crippen LogP contribution in [0.2, 0.25) is 0 Å². The monoisotopic (exact) mass is 384 g/mol. The SMILES string of the molecule is COc1ccc(CNC(=O)C2(C(=O)Nc3cc(OC)ccc3OC)CC2)cc1. The largest absolute Gasteiger partial charge is 0.497 e. The van der Waals surface area contributed by atoms with E-state index in [0.717, 1.165) is 11.3 Å². The minimum Gasteiger partial charge on any atom is -0.497 e. The zero-order valence-corrected chi connectivity index (χ0v) is 16.2. The molecule has 0 spiro atoms. The highest BCUT2D eigenvalue weighted by Gasteiger charge is 2.56. The van der Waals surface area contributed by atoms with Gasteiger partial charge in [0.25, 0.3) is 0 Å². The van der Waals surface area contributed by atoms with Crippen molar-refractivity contribution in [3.05, 3.63) is 48.0 Å². The first-order valence-corrected chi connectivity index (χ1v) is 8.97. The van der Waals surface area contributed by atoms with E-state index in [0.29, 0.717) is 36.6 Å². The van der Waals surface area contributed by atoms with Gasteiger partial charge in [-0.1, -0.05) is 12.1 Å². The molecule has 0 bridgehead atoms. The van der Waals surface area contributed by atoms with Crippen molar-refractivity contribution in [3.8, 4) is 17.2 Å². The van der Waals surface area contributed by atoms with Gasteiger partial charge >= 0.3 is 0 Å². The van der Waals surface area contributed by atoms with Crippen LogP contribution in [-0.2, 0) is 16.1 Å². The summed E-state index contributed by atoms with van der Waals surface area (Å²) in [4.78, 5) is 25.5. The Balaban J connectivity index is 1.65. The van der Waals surface area contributed by atoms with Crippen LogP contribution in [0.5, 0.6) is 17.2 Å². The first kappa shape index (κ1) is 19.5. The van der Waals surface area contributed by atoms with Crippen molar-refractivity contribution < 1.29 is 23.8 Å². The highest BCUT2D eigenvalue weighted by Crippen LogP contribution is 2.47. The Morgan fingerprint density at radius 1 is 0.893 bits per heavy atom. The standard InChI is InChI=1S/C21H24N2O5/c1-26-15-6-4-14(5-7-15)13-22-19(24)21(10-11-21)20(25)23-17-12-16(27-2)8-9-18(17)28-3/h4-9,12H,10-11,13H2,1-3H3,(H,22,24)(H,23,25). The smallest absolute Gasteiger partial charge is 0.240 e. The van der Waals surface area contributed by atoms with E-state index in [1.54, 1.807) is 32.4 Å². The van der Waals surface area contributed by atoms with Crippen molar-refractivity contribution in [2.24, 2.45) is 5.41 Å². The van der Waals surface area contributed by atoms with E-state index in [4.69, 9.17) is 14.2 Å².